The van der Waals surface area contributed by atoms with Crippen LogP contribution in [0.15, 0.2) is 24.4 Å². The third-order valence-corrected chi connectivity index (χ3v) is 4.06. The van der Waals surface area contributed by atoms with Gasteiger partial charge in [-0.15, -0.1) is 0 Å². The maximum atomic E-state index is 12.6. The van der Waals surface area contributed by atoms with E-state index in [-0.39, 0.29) is 5.91 Å². The highest BCUT2D eigenvalue weighted by atomic mass is 16.2. The van der Waals surface area contributed by atoms with Gasteiger partial charge in [0.05, 0.1) is 11.8 Å². The Hall–Kier alpha value is -2.30. The van der Waals surface area contributed by atoms with Crippen molar-refractivity contribution in [3.63, 3.8) is 0 Å². The molecule has 1 amide bonds. The summed E-state index contributed by atoms with van der Waals surface area (Å²) in [6.07, 6.45) is 2.46. The largest absolute Gasteiger partial charge is 0.398 e. The lowest BCUT2D eigenvalue weighted by Crippen LogP contribution is -2.36. The number of fused-ring (bicyclic) bond motifs is 1. The van der Waals surface area contributed by atoms with Crippen LogP contribution in [0.5, 0.6) is 0 Å². The molecule has 1 aliphatic heterocycles. The van der Waals surface area contributed by atoms with Crippen LogP contribution in [0.3, 0.4) is 0 Å². The number of benzene rings is 1. The van der Waals surface area contributed by atoms with Gasteiger partial charge in [-0.2, -0.15) is 5.10 Å². The van der Waals surface area contributed by atoms with Gasteiger partial charge < -0.3 is 10.6 Å². The first kappa shape index (κ1) is 12.7. The summed E-state index contributed by atoms with van der Waals surface area (Å²) in [5, 5.41) is 4.14. The van der Waals surface area contributed by atoms with Crippen molar-refractivity contribution < 1.29 is 4.79 Å². The second-order valence-electron chi connectivity index (χ2n) is 5.23. The van der Waals surface area contributed by atoms with Crippen molar-refractivity contribution in [1.82, 2.24) is 14.7 Å². The minimum Gasteiger partial charge on any atom is -0.398 e. The first-order chi connectivity index (χ1) is 9.58. The van der Waals surface area contributed by atoms with Gasteiger partial charge in [0.25, 0.3) is 5.91 Å². The fraction of sp³-hybridized carbons (Fsp3) is 0.333. The Morgan fingerprint density at radius 1 is 1.40 bits per heavy atom. The highest BCUT2D eigenvalue weighted by molar-refractivity contribution is 5.95. The zero-order valence-electron chi connectivity index (χ0n) is 11.8. The van der Waals surface area contributed by atoms with Crippen molar-refractivity contribution in [1.29, 1.82) is 0 Å². The van der Waals surface area contributed by atoms with Crippen LogP contribution >= 0.6 is 0 Å². The zero-order chi connectivity index (χ0) is 14.3. The summed E-state index contributed by atoms with van der Waals surface area (Å²) < 4.78 is 1.73. The SMILES string of the molecule is Cc1c(C(=O)N2CCc3c(N)cccc3C2)cnn1C. The first-order valence-corrected chi connectivity index (χ1v) is 6.72. The Bertz CT molecular complexity index is 675. The number of aromatic nitrogens is 2. The van der Waals surface area contributed by atoms with Crippen molar-refractivity contribution in [3.8, 4) is 0 Å². The smallest absolute Gasteiger partial charge is 0.257 e. The van der Waals surface area contributed by atoms with Crippen molar-refractivity contribution in [2.24, 2.45) is 7.05 Å². The van der Waals surface area contributed by atoms with Gasteiger partial charge in [0.2, 0.25) is 0 Å². The molecule has 0 radical (unpaired) electrons. The minimum atomic E-state index is 0.0451. The molecule has 104 valence electrons. The molecule has 0 bridgehead atoms. The number of nitrogen functional groups attached to an aromatic ring is 1. The second kappa shape index (κ2) is 4.67. The van der Waals surface area contributed by atoms with E-state index in [1.165, 1.54) is 5.56 Å². The Morgan fingerprint density at radius 2 is 2.20 bits per heavy atom. The predicted molar refractivity (Wildman–Crippen MR) is 77.2 cm³/mol. The molecule has 20 heavy (non-hydrogen) atoms. The van der Waals surface area contributed by atoms with Crippen LogP contribution < -0.4 is 5.73 Å². The fourth-order valence-electron chi connectivity index (χ4n) is 2.69. The number of aryl methyl sites for hydroxylation is 1. The topological polar surface area (TPSA) is 64.2 Å². The van der Waals surface area contributed by atoms with E-state index < -0.39 is 0 Å². The molecule has 0 saturated carbocycles. The molecule has 0 saturated heterocycles. The Kier molecular flexibility index (Phi) is 2.97. The van der Waals surface area contributed by atoms with E-state index in [0.717, 1.165) is 23.4 Å². The van der Waals surface area contributed by atoms with Gasteiger partial charge in [-0.25, -0.2) is 0 Å². The number of rotatable bonds is 1. The maximum Gasteiger partial charge on any atom is 0.257 e. The van der Waals surface area contributed by atoms with Crippen molar-refractivity contribution in [2.45, 2.75) is 19.9 Å². The first-order valence-electron chi connectivity index (χ1n) is 6.72. The zero-order valence-corrected chi connectivity index (χ0v) is 11.8. The number of carbonyl (C=O) groups excluding carboxylic acids is 1. The standard InChI is InChI=1S/C15H18N4O/c1-10-13(8-17-18(10)2)15(20)19-7-6-12-11(9-19)4-3-5-14(12)16/h3-5,8H,6-7,9,16H2,1-2H3. The average Bonchev–Trinajstić information content (AvgIpc) is 2.78. The predicted octanol–water partition coefficient (Wildman–Crippen LogP) is 1.51. The molecule has 2 N–H and O–H groups in total. The van der Waals surface area contributed by atoms with Crippen molar-refractivity contribution >= 4 is 11.6 Å². The van der Waals surface area contributed by atoms with Crippen molar-refractivity contribution in [3.05, 3.63) is 46.8 Å². The lowest BCUT2D eigenvalue weighted by Gasteiger charge is -2.29. The van der Waals surface area contributed by atoms with Crippen molar-refractivity contribution in [2.75, 3.05) is 12.3 Å². The highest BCUT2D eigenvalue weighted by Gasteiger charge is 2.24. The molecule has 0 atom stereocenters. The Morgan fingerprint density at radius 3 is 2.90 bits per heavy atom. The van der Waals surface area contributed by atoms with E-state index in [0.29, 0.717) is 18.7 Å². The van der Waals surface area contributed by atoms with E-state index >= 15 is 0 Å². The molecule has 0 fully saturated rings. The molecule has 5 heteroatoms. The van der Waals surface area contributed by atoms with Crippen LogP contribution in [0, 0.1) is 6.92 Å². The summed E-state index contributed by atoms with van der Waals surface area (Å²) >= 11 is 0. The van der Waals surface area contributed by atoms with Crippen LogP contribution in [-0.2, 0) is 20.0 Å². The number of hydrogen-bond acceptors (Lipinski definition) is 3. The normalized spacial score (nSPS) is 14.2. The summed E-state index contributed by atoms with van der Waals surface area (Å²) in [6.45, 7) is 3.23. The Labute approximate surface area is 118 Å². The van der Waals surface area contributed by atoms with Crippen LogP contribution in [-0.4, -0.2) is 27.1 Å². The third kappa shape index (κ3) is 1.95. The quantitative estimate of drug-likeness (QED) is 0.799. The molecule has 1 aromatic heterocycles. The number of anilines is 1. The number of hydrogen-bond donors (Lipinski definition) is 1. The summed E-state index contributed by atoms with van der Waals surface area (Å²) in [4.78, 5) is 14.4. The molecule has 2 heterocycles. The molecule has 1 aliphatic rings. The number of carbonyl (C=O) groups is 1. The van der Waals surface area contributed by atoms with E-state index in [2.05, 4.69) is 5.10 Å². The lowest BCUT2D eigenvalue weighted by atomic mass is 9.97. The highest BCUT2D eigenvalue weighted by Crippen LogP contribution is 2.25. The van der Waals surface area contributed by atoms with E-state index in [4.69, 9.17) is 5.73 Å². The molecule has 3 rings (SSSR count). The summed E-state index contributed by atoms with van der Waals surface area (Å²) in [5.41, 5.74) is 10.7. The monoisotopic (exact) mass is 270 g/mol. The molecular formula is C15H18N4O. The molecule has 0 aliphatic carbocycles. The van der Waals surface area contributed by atoms with Gasteiger partial charge in [-0.05, 0) is 30.5 Å². The van der Waals surface area contributed by atoms with Gasteiger partial charge >= 0.3 is 0 Å². The number of amides is 1. The summed E-state index contributed by atoms with van der Waals surface area (Å²) in [7, 11) is 1.85. The molecule has 0 unspecified atom stereocenters. The Balaban J connectivity index is 1.87. The van der Waals surface area contributed by atoms with Gasteiger partial charge in [-0.3, -0.25) is 9.48 Å². The molecule has 2 aromatic rings. The van der Waals surface area contributed by atoms with Gasteiger partial charge in [0.1, 0.15) is 0 Å². The van der Waals surface area contributed by atoms with E-state index in [1.807, 2.05) is 37.1 Å². The molecule has 0 spiro atoms. The van der Waals surface area contributed by atoms with E-state index in [9.17, 15) is 4.79 Å². The van der Waals surface area contributed by atoms with Crippen LogP contribution in [0.25, 0.3) is 0 Å². The summed E-state index contributed by atoms with van der Waals surface area (Å²) in [6, 6.07) is 5.90. The molecule has 5 nitrogen and oxygen atoms in total. The summed E-state index contributed by atoms with van der Waals surface area (Å²) in [5.74, 6) is 0.0451. The minimum absolute atomic E-state index is 0.0451. The maximum absolute atomic E-state index is 12.6. The lowest BCUT2D eigenvalue weighted by molar-refractivity contribution is 0.0734. The molecule has 1 aromatic carbocycles. The number of nitrogens with zero attached hydrogens (tertiary/aromatic N) is 3. The van der Waals surface area contributed by atoms with Crippen LogP contribution in [0.4, 0.5) is 5.69 Å². The molecular weight excluding hydrogens is 252 g/mol. The van der Waals surface area contributed by atoms with Gasteiger partial charge in [0.15, 0.2) is 0 Å². The third-order valence-electron chi connectivity index (χ3n) is 4.06. The fourth-order valence-corrected chi connectivity index (χ4v) is 2.69. The van der Waals surface area contributed by atoms with Gasteiger partial charge in [-0.1, -0.05) is 12.1 Å². The van der Waals surface area contributed by atoms with E-state index in [1.54, 1.807) is 10.9 Å². The number of nitrogens with two attached hydrogens (primary N) is 1. The van der Waals surface area contributed by atoms with Crippen LogP contribution in [0.1, 0.15) is 27.2 Å². The average molecular weight is 270 g/mol. The second-order valence-corrected chi connectivity index (χ2v) is 5.23. The van der Waals surface area contributed by atoms with Crippen LogP contribution in [0.2, 0.25) is 0 Å². The van der Waals surface area contributed by atoms with Gasteiger partial charge in [0, 0.05) is 31.5 Å².